The lowest BCUT2D eigenvalue weighted by Gasteiger charge is -2.07. The molecule has 0 saturated carbocycles. The third kappa shape index (κ3) is 2.05. The van der Waals surface area contributed by atoms with E-state index in [2.05, 4.69) is 21.2 Å². The van der Waals surface area contributed by atoms with Gasteiger partial charge in [-0.1, -0.05) is 0 Å². The van der Waals surface area contributed by atoms with Crippen LogP contribution in [0.15, 0.2) is 16.6 Å². The van der Waals surface area contributed by atoms with Crippen LogP contribution in [-0.2, 0) is 0 Å². The van der Waals surface area contributed by atoms with Gasteiger partial charge in [0.15, 0.2) is 17.3 Å². The Labute approximate surface area is 89.7 Å². The van der Waals surface area contributed by atoms with Gasteiger partial charge in [0.1, 0.15) is 0 Å². The van der Waals surface area contributed by atoms with E-state index in [0.29, 0.717) is 4.47 Å². The number of hydrogen-bond acceptors (Lipinski definition) is 4. The van der Waals surface area contributed by atoms with Crippen molar-refractivity contribution in [1.29, 1.82) is 0 Å². The van der Waals surface area contributed by atoms with Crippen molar-refractivity contribution in [3.8, 4) is 11.5 Å². The summed E-state index contributed by atoms with van der Waals surface area (Å²) in [6, 6.07) is 2.83. The summed E-state index contributed by atoms with van der Waals surface area (Å²) in [5.74, 6) is -0.972. The zero-order valence-electron chi connectivity index (χ0n) is 7.54. The fraction of sp³-hybridized carbons (Fsp3) is 0.222. The molecule has 1 aromatic rings. The van der Waals surface area contributed by atoms with Gasteiger partial charge in [0.25, 0.3) is 0 Å². The maximum absolute atomic E-state index is 11.5. The Balaban J connectivity index is 3.18. The largest absolute Gasteiger partial charge is 0.504 e. The second-order valence-corrected chi connectivity index (χ2v) is 3.60. The van der Waals surface area contributed by atoms with Gasteiger partial charge in [0.2, 0.25) is 0 Å². The van der Waals surface area contributed by atoms with Crippen molar-refractivity contribution < 1.29 is 15.0 Å². The number of aromatic hydroxyl groups is 2. The smallest absolute Gasteiger partial charge is 0.181 e. The summed E-state index contributed by atoms with van der Waals surface area (Å²) in [6.45, 7) is 0.107. The second kappa shape index (κ2) is 4.43. The van der Waals surface area contributed by atoms with E-state index in [1.165, 1.54) is 12.1 Å². The number of hydrogen-bond donors (Lipinski definition) is 3. The number of ketones is 1. The summed E-state index contributed by atoms with van der Waals surface area (Å²) in [7, 11) is 1.63. The Hall–Kier alpha value is -1.07. The van der Waals surface area contributed by atoms with E-state index in [-0.39, 0.29) is 29.4 Å². The summed E-state index contributed by atoms with van der Waals surface area (Å²) in [5.41, 5.74) is 0.0966. The van der Waals surface area contributed by atoms with Crippen LogP contribution in [0.3, 0.4) is 0 Å². The monoisotopic (exact) mass is 259 g/mol. The number of carbonyl (C=O) groups is 1. The lowest BCUT2D eigenvalue weighted by Crippen LogP contribution is -2.19. The molecule has 0 bridgehead atoms. The molecule has 5 heteroatoms. The van der Waals surface area contributed by atoms with Crippen LogP contribution in [0.2, 0.25) is 0 Å². The molecule has 1 aromatic carbocycles. The molecule has 14 heavy (non-hydrogen) atoms. The molecule has 0 aromatic heterocycles. The predicted octanol–water partition coefficient (Wildman–Crippen LogP) is 1.26. The maximum Gasteiger partial charge on any atom is 0.181 e. The molecule has 0 saturated heterocycles. The zero-order valence-corrected chi connectivity index (χ0v) is 9.13. The fourth-order valence-electron chi connectivity index (χ4n) is 1.07. The molecule has 0 aliphatic rings. The lowest BCUT2D eigenvalue weighted by molar-refractivity contribution is 0.0989. The van der Waals surface area contributed by atoms with Crippen LogP contribution >= 0.6 is 15.9 Å². The summed E-state index contributed by atoms with van der Waals surface area (Å²) in [4.78, 5) is 11.5. The van der Waals surface area contributed by atoms with E-state index in [4.69, 9.17) is 0 Å². The van der Waals surface area contributed by atoms with E-state index < -0.39 is 0 Å². The minimum atomic E-state index is -0.389. The number of phenolic OH excluding ortho intramolecular Hbond substituents is 2. The molecule has 0 radical (unpaired) electrons. The van der Waals surface area contributed by atoms with Crippen molar-refractivity contribution in [2.75, 3.05) is 13.6 Å². The number of carbonyl (C=O) groups excluding carboxylic acids is 1. The predicted molar refractivity (Wildman–Crippen MR) is 55.7 cm³/mol. The molecule has 0 unspecified atom stereocenters. The van der Waals surface area contributed by atoms with Gasteiger partial charge in [-0.15, -0.1) is 0 Å². The lowest BCUT2D eigenvalue weighted by atomic mass is 10.1. The van der Waals surface area contributed by atoms with Gasteiger partial charge < -0.3 is 15.5 Å². The maximum atomic E-state index is 11.5. The van der Waals surface area contributed by atoms with Crippen LogP contribution in [0.1, 0.15) is 10.4 Å². The fourth-order valence-corrected chi connectivity index (χ4v) is 1.61. The molecule has 0 atom stereocenters. The van der Waals surface area contributed by atoms with Crippen molar-refractivity contribution in [2.24, 2.45) is 0 Å². The molecule has 1 rings (SSSR count). The first-order valence-corrected chi connectivity index (χ1v) is 4.75. The molecule has 76 valence electrons. The molecule has 0 heterocycles. The standard InChI is InChI=1S/C9H10BrNO3/c1-11-4-7(13)8-5(10)2-3-6(12)9(8)14/h2-3,11-12,14H,4H2,1H3. The van der Waals surface area contributed by atoms with Crippen LogP contribution in [0.4, 0.5) is 0 Å². The van der Waals surface area contributed by atoms with Crippen LogP contribution in [-0.4, -0.2) is 29.6 Å². The van der Waals surface area contributed by atoms with E-state index in [9.17, 15) is 15.0 Å². The highest BCUT2D eigenvalue weighted by atomic mass is 79.9. The SMILES string of the molecule is CNCC(=O)c1c(Br)ccc(O)c1O. The van der Waals surface area contributed by atoms with Gasteiger partial charge in [-0.2, -0.15) is 0 Å². The average molecular weight is 260 g/mol. The van der Waals surface area contributed by atoms with E-state index in [1.54, 1.807) is 7.05 Å². The molecule has 0 amide bonds. The molecule has 0 aliphatic carbocycles. The first-order valence-electron chi connectivity index (χ1n) is 3.96. The third-order valence-electron chi connectivity index (χ3n) is 1.72. The van der Waals surface area contributed by atoms with Crippen LogP contribution in [0, 0.1) is 0 Å². The van der Waals surface area contributed by atoms with E-state index >= 15 is 0 Å². The highest BCUT2D eigenvalue weighted by Gasteiger charge is 2.17. The van der Waals surface area contributed by atoms with Crippen molar-refractivity contribution >= 4 is 21.7 Å². The molecular formula is C9H10BrNO3. The summed E-state index contributed by atoms with van der Waals surface area (Å²) in [5, 5.41) is 21.3. The Kier molecular flexibility index (Phi) is 3.49. The van der Waals surface area contributed by atoms with Crippen molar-refractivity contribution in [2.45, 2.75) is 0 Å². The minimum Gasteiger partial charge on any atom is -0.504 e. The van der Waals surface area contributed by atoms with Gasteiger partial charge in [-0.3, -0.25) is 4.79 Å². The highest BCUT2D eigenvalue weighted by Crippen LogP contribution is 2.34. The summed E-state index contributed by atoms with van der Waals surface area (Å²) >= 11 is 3.13. The van der Waals surface area contributed by atoms with Crippen molar-refractivity contribution in [3.05, 3.63) is 22.2 Å². The Bertz CT molecular complexity index is 365. The highest BCUT2D eigenvalue weighted by molar-refractivity contribution is 9.10. The number of likely N-dealkylation sites (N-methyl/N-ethyl adjacent to an activating group) is 1. The van der Waals surface area contributed by atoms with E-state index in [1.807, 2.05) is 0 Å². The normalized spacial score (nSPS) is 10.1. The molecule has 0 aliphatic heterocycles. The van der Waals surface area contributed by atoms with Gasteiger partial charge in [-0.05, 0) is 35.1 Å². The molecule has 0 spiro atoms. The number of benzene rings is 1. The van der Waals surface area contributed by atoms with Gasteiger partial charge in [0.05, 0.1) is 12.1 Å². The first kappa shape index (κ1) is 11.0. The summed E-state index contributed by atoms with van der Waals surface area (Å²) in [6.07, 6.45) is 0. The van der Waals surface area contributed by atoms with Gasteiger partial charge >= 0.3 is 0 Å². The van der Waals surface area contributed by atoms with Crippen molar-refractivity contribution in [3.63, 3.8) is 0 Å². The molecule has 0 fully saturated rings. The number of nitrogens with one attached hydrogen (secondary N) is 1. The minimum absolute atomic E-state index is 0.0966. The van der Waals surface area contributed by atoms with Crippen LogP contribution in [0.5, 0.6) is 11.5 Å². The molecular weight excluding hydrogens is 250 g/mol. The third-order valence-corrected chi connectivity index (χ3v) is 2.38. The van der Waals surface area contributed by atoms with Gasteiger partial charge in [-0.25, -0.2) is 0 Å². The Morgan fingerprint density at radius 1 is 1.50 bits per heavy atom. The summed E-state index contributed by atoms with van der Waals surface area (Å²) < 4.78 is 0.466. The number of phenols is 2. The van der Waals surface area contributed by atoms with Crippen LogP contribution in [0.25, 0.3) is 0 Å². The first-order chi connectivity index (χ1) is 6.57. The van der Waals surface area contributed by atoms with Crippen LogP contribution < -0.4 is 5.32 Å². The zero-order chi connectivity index (χ0) is 10.7. The molecule has 4 nitrogen and oxygen atoms in total. The molecule has 3 N–H and O–H groups in total. The topological polar surface area (TPSA) is 69.6 Å². The number of rotatable bonds is 3. The van der Waals surface area contributed by atoms with Crippen molar-refractivity contribution in [1.82, 2.24) is 5.32 Å². The Morgan fingerprint density at radius 2 is 2.14 bits per heavy atom. The van der Waals surface area contributed by atoms with Gasteiger partial charge in [0, 0.05) is 4.47 Å². The quantitative estimate of drug-likeness (QED) is 0.565. The number of Topliss-reactive ketones (excluding diaryl/α,β-unsaturated/α-hetero) is 1. The van der Waals surface area contributed by atoms with E-state index in [0.717, 1.165) is 0 Å². The second-order valence-electron chi connectivity index (χ2n) is 2.74. The number of halogens is 1. The average Bonchev–Trinajstić information content (AvgIpc) is 2.13. The Morgan fingerprint density at radius 3 is 2.71 bits per heavy atom.